The van der Waals surface area contributed by atoms with E-state index < -0.39 is 0 Å². The summed E-state index contributed by atoms with van der Waals surface area (Å²) in [5.41, 5.74) is 3.90. The fraction of sp³-hybridized carbons (Fsp3) is 0.0588. The highest BCUT2D eigenvalue weighted by atomic mass is 79.9. The van der Waals surface area contributed by atoms with E-state index in [9.17, 15) is 4.79 Å². The molecule has 0 atom stereocenters. The van der Waals surface area contributed by atoms with Crippen LogP contribution >= 0.6 is 15.9 Å². The summed E-state index contributed by atoms with van der Waals surface area (Å²) in [4.78, 5) is 11.8. The molecule has 112 valence electrons. The first-order valence-corrected chi connectivity index (χ1v) is 7.41. The van der Waals surface area contributed by atoms with Gasteiger partial charge in [-0.05, 0) is 54.1 Å². The normalized spacial score (nSPS) is 10.4. The van der Waals surface area contributed by atoms with Crippen LogP contribution < -0.4 is 10.2 Å². The molecule has 0 spiro atoms. The Hall–Kier alpha value is -2.40. The Balaban J connectivity index is 1.90. The SMILES string of the molecule is C=CCOc1ccc(/C=N\NC(=O)c2ccc(Br)cc2)cc1. The van der Waals surface area contributed by atoms with Crippen LogP contribution in [0.15, 0.2) is 70.8 Å². The first-order valence-electron chi connectivity index (χ1n) is 6.62. The third-order valence-corrected chi connectivity index (χ3v) is 3.26. The molecule has 2 aromatic carbocycles. The van der Waals surface area contributed by atoms with Gasteiger partial charge in [-0.1, -0.05) is 28.6 Å². The zero-order valence-electron chi connectivity index (χ0n) is 11.8. The first-order chi connectivity index (χ1) is 10.7. The largest absolute Gasteiger partial charge is 0.490 e. The van der Waals surface area contributed by atoms with Crippen LogP contribution in [0.25, 0.3) is 0 Å². The maximum Gasteiger partial charge on any atom is 0.271 e. The number of rotatable bonds is 6. The van der Waals surface area contributed by atoms with E-state index in [1.54, 1.807) is 36.6 Å². The van der Waals surface area contributed by atoms with Gasteiger partial charge >= 0.3 is 0 Å². The second kappa shape index (κ2) is 8.14. The van der Waals surface area contributed by atoms with Gasteiger partial charge in [0.05, 0.1) is 6.21 Å². The molecule has 5 heteroatoms. The van der Waals surface area contributed by atoms with Crippen LogP contribution in [0.1, 0.15) is 15.9 Å². The predicted octanol–water partition coefficient (Wildman–Crippen LogP) is 3.78. The number of hydrogen-bond acceptors (Lipinski definition) is 3. The Morgan fingerprint density at radius 1 is 1.18 bits per heavy atom. The lowest BCUT2D eigenvalue weighted by atomic mass is 10.2. The lowest BCUT2D eigenvalue weighted by Gasteiger charge is -2.03. The lowest BCUT2D eigenvalue weighted by molar-refractivity contribution is 0.0955. The maximum atomic E-state index is 11.8. The third-order valence-electron chi connectivity index (χ3n) is 2.73. The molecule has 0 aliphatic rings. The third kappa shape index (κ3) is 4.86. The molecule has 0 fully saturated rings. The Morgan fingerprint density at radius 3 is 2.50 bits per heavy atom. The summed E-state index contributed by atoms with van der Waals surface area (Å²) in [7, 11) is 0. The van der Waals surface area contributed by atoms with E-state index in [1.165, 1.54) is 0 Å². The number of halogens is 1. The summed E-state index contributed by atoms with van der Waals surface area (Å²) in [6, 6.07) is 14.4. The molecule has 0 radical (unpaired) electrons. The van der Waals surface area contributed by atoms with Crippen molar-refractivity contribution in [2.45, 2.75) is 0 Å². The van der Waals surface area contributed by atoms with Crippen LogP contribution in [0.5, 0.6) is 5.75 Å². The van der Waals surface area contributed by atoms with E-state index in [1.807, 2.05) is 24.3 Å². The number of amides is 1. The van der Waals surface area contributed by atoms with Crippen molar-refractivity contribution in [3.8, 4) is 5.75 Å². The van der Waals surface area contributed by atoms with Gasteiger partial charge in [-0.3, -0.25) is 4.79 Å². The highest BCUT2D eigenvalue weighted by Crippen LogP contribution is 2.11. The van der Waals surface area contributed by atoms with Crippen LogP contribution in [0.4, 0.5) is 0 Å². The van der Waals surface area contributed by atoms with Crippen LogP contribution in [-0.2, 0) is 0 Å². The number of benzene rings is 2. The lowest BCUT2D eigenvalue weighted by Crippen LogP contribution is -2.17. The molecule has 0 bridgehead atoms. The molecular weight excluding hydrogens is 344 g/mol. The minimum absolute atomic E-state index is 0.255. The number of hydrazone groups is 1. The fourth-order valence-electron chi connectivity index (χ4n) is 1.64. The van der Waals surface area contributed by atoms with E-state index in [0.29, 0.717) is 12.2 Å². The number of nitrogens with zero attached hydrogens (tertiary/aromatic N) is 1. The quantitative estimate of drug-likeness (QED) is 0.485. The molecule has 0 aliphatic carbocycles. The zero-order valence-corrected chi connectivity index (χ0v) is 13.4. The van der Waals surface area contributed by atoms with E-state index in [-0.39, 0.29) is 5.91 Å². The molecule has 0 aromatic heterocycles. The van der Waals surface area contributed by atoms with Gasteiger partial charge in [0.2, 0.25) is 0 Å². The van der Waals surface area contributed by atoms with Gasteiger partial charge < -0.3 is 4.74 Å². The first kappa shape index (κ1) is 16.0. The smallest absolute Gasteiger partial charge is 0.271 e. The van der Waals surface area contributed by atoms with E-state index in [0.717, 1.165) is 15.8 Å². The zero-order chi connectivity index (χ0) is 15.8. The average Bonchev–Trinajstić information content (AvgIpc) is 2.54. The maximum absolute atomic E-state index is 11.8. The monoisotopic (exact) mass is 358 g/mol. The van der Waals surface area contributed by atoms with Crippen molar-refractivity contribution in [1.29, 1.82) is 0 Å². The second-order valence-corrected chi connectivity index (χ2v) is 5.29. The van der Waals surface area contributed by atoms with Crippen LogP contribution in [-0.4, -0.2) is 18.7 Å². The van der Waals surface area contributed by atoms with Gasteiger partial charge in [0.25, 0.3) is 5.91 Å². The molecule has 4 nitrogen and oxygen atoms in total. The number of hydrogen-bond donors (Lipinski definition) is 1. The Bertz CT molecular complexity index is 664. The fourth-order valence-corrected chi connectivity index (χ4v) is 1.90. The van der Waals surface area contributed by atoms with Gasteiger partial charge in [-0.25, -0.2) is 5.43 Å². The van der Waals surface area contributed by atoms with Crippen LogP contribution in [0.3, 0.4) is 0 Å². The van der Waals surface area contributed by atoms with Gasteiger partial charge in [0.1, 0.15) is 12.4 Å². The predicted molar refractivity (Wildman–Crippen MR) is 91.3 cm³/mol. The number of carbonyl (C=O) groups excluding carboxylic acids is 1. The highest BCUT2D eigenvalue weighted by molar-refractivity contribution is 9.10. The molecule has 0 unspecified atom stereocenters. The summed E-state index contributed by atoms with van der Waals surface area (Å²) in [5, 5.41) is 3.94. The minimum Gasteiger partial charge on any atom is -0.490 e. The van der Waals surface area contributed by atoms with Crippen molar-refractivity contribution in [2.75, 3.05) is 6.61 Å². The second-order valence-electron chi connectivity index (χ2n) is 4.37. The molecule has 1 amide bonds. The Morgan fingerprint density at radius 2 is 1.86 bits per heavy atom. The van der Waals surface area contributed by atoms with Crippen LogP contribution in [0.2, 0.25) is 0 Å². The van der Waals surface area contributed by atoms with Gasteiger partial charge in [0.15, 0.2) is 0 Å². The molecule has 2 aromatic rings. The van der Waals surface area contributed by atoms with E-state index in [4.69, 9.17) is 4.74 Å². The van der Waals surface area contributed by atoms with Crippen molar-refractivity contribution in [3.05, 3.63) is 76.8 Å². The Labute approximate surface area is 137 Å². The van der Waals surface area contributed by atoms with Gasteiger partial charge in [-0.15, -0.1) is 0 Å². The molecule has 1 N–H and O–H groups in total. The average molecular weight is 359 g/mol. The van der Waals surface area contributed by atoms with Crippen molar-refractivity contribution in [2.24, 2.45) is 5.10 Å². The summed E-state index contributed by atoms with van der Waals surface area (Å²) in [6.07, 6.45) is 3.26. The van der Waals surface area contributed by atoms with Gasteiger partial charge in [0, 0.05) is 10.0 Å². The van der Waals surface area contributed by atoms with Crippen molar-refractivity contribution in [1.82, 2.24) is 5.43 Å². The number of carbonyl (C=O) groups is 1. The highest BCUT2D eigenvalue weighted by Gasteiger charge is 2.02. The van der Waals surface area contributed by atoms with E-state index >= 15 is 0 Å². The topological polar surface area (TPSA) is 50.7 Å². The molecule has 2 rings (SSSR count). The molecule has 0 saturated carbocycles. The van der Waals surface area contributed by atoms with Gasteiger partial charge in [-0.2, -0.15) is 5.10 Å². The minimum atomic E-state index is -0.255. The van der Waals surface area contributed by atoms with Crippen LogP contribution in [0, 0.1) is 0 Å². The summed E-state index contributed by atoms with van der Waals surface area (Å²) in [6.45, 7) is 4.06. The molecule has 0 aliphatic heterocycles. The summed E-state index contributed by atoms with van der Waals surface area (Å²) >= 11 is 3.32. The molecular formula is C17H15BrN2O2. The Kier molecular flexibility index (Phi) is 5.91. The van der Waals surface area contributed by atoms with Crippen molar-refractivity contribution in [3.63, 3.8) is 0 Å². The number of nitrogens with one attached hydrogen (secondary N) is 1. The molecule has 0 saturated heterocycles. The van der Waals surface area contributed by atoms with Crippen molar-refractivity contribution < 1.29 is 9.53 Å². The molecule has 22 heavy (non-hydrogen) atoms. The standard InChI is InChI=1S/C17H15BrN2O2/c1-2-11-22-16-9-3-13(4-10-16)12-19-20-17(21)14-5-7-15(18)8-6-14/h2-10,12H,1,11H2,(H,20,21)/b19-12-. The summed E-state index contributed by atoms with van der Waals surface area (Å²) < 4.78 is 6.31. The summed E-state index contributed by atoms with van der Waals surface area (Å²) in [5.74, 6) is 0.505. The van der Waals surface area contributed by atoms with Crippen molar-refractivity contribution >= 4 is 28.1 Å². The molecule has 0 heterocycles. The number of ether oxygens (including phenoxy) is 1. The van der Waals surface area contributed by atoms with E-state index in [2.05, 4.69) is 33.0 Å².